The Labute approximate surface area is 216 Å². The number of likely N-dealkylation sites (N-methyl/N-ethyl adjacent to an activating group) is 1. The lowest BCUT2D eigenvalue weighted by Crippen LogP contribution is -2.50. The van der Waals surface area contributed by atoms with Crippen molar-refractivity contribution in [3.8, 4) is 11.5 Å². The van der Waals surface area contributed by atoms with Crippen LogP contribution in [0.3, 0.4) is 0 Å². The monoisotopic (exact) mass is 506 g/mol. The minimum Gasteiger partial charge on any atom is -0.504 e. The van der Waals surface area contributed by atoms with Crippen molar-refractivity contribution in [3.05, 3.63) is 58.7 Å². The van der Waals surface area contributed by atoms with E-state index in [9.17, 15) is 24.6 Å². The summed E-state index contributed by atoms with van der Waals surface area (Å²) in [6.45, 7) is 2.70. The van der Waals surface area contributed by atoms with E-state index in [-0.39, 0.29) is 53.7 Å². The maximum absolute atomic E-state index is 13.9. The molecule has 3 amide bonds. The summed E-state index contributed by atoms with van der Waals surface area (Å²) in [7, 11) is 1.67. The summed E-state index contributed by atoms with van der Waals surface area (Å²) in [6.07, 6.45) is 3.14. The number of rotatable bonds is 6. The predicted molar refractivity (Wildman–Crippen MR) is 137 cm³/mol. The third-order valence-corrected chi connectivity index (χ3v) is 8.54. The van der Waals surface area contributed by atoms with E-state index in [1.54, 1.807) is 18.0 Å². The Hall–Kier alpha value is -3.59. The Morgan fingerprint density at radius 3 is 2.68 bits per heavy atom. The van der Waals surface area contributed by atoms with Crippen molar-refractivity contribution in [2.45, 2.75) is 50.7 Å². The maximum atomic E-state index is 13.9. The number of hydrogen-bond donors (Lipinski definition) is 5. The molecule has 9 heteroatoms. The molecule has 0 saturated carbocycles. The van der Waals surface area contributed by atoms with Crippen molar-refractivity contribution in [2.24, 2.45) is 11.3 Å². The molecule has 0 aromatic heterocycles. The van der Waals surface area contributed by atoms with E-state index < -0.39 is 12.1 Å². The highest BCUT2D eigenvalue weighted by atomic mass is 16.3. The van der Waals surface area contributed by atoms with Gasteiger partial charge in [0.15, 0.2) is 11.5 Å². The normalized spacial score (nSPS) is 28.5. The zero-order chi connectivity index (χ0) is 26.3. The fourth-order valence-corrected chi connectivity index (χ4v) is 6.71. The number of phenolic OH excluding ortho intramolecular Hbond substituents is 2. The first kappa shape index (κ1) is 25.1. The van der Waals surface area contributed by atoms with Crippen molar-refractivity contribution < 1.29 is 24.6 Å². The van der Waals surface area contributed by atoms with E-state index in [0.717, 1.165) is 30.4 Å². The molecule has 1 saturated heterocycles. The molecule has 37 heavy (non-hydrogen) atoms. The van der Waals surface area contributed by atoms with E-state index in [1.165, 1.54) is 11.6 Å². The van der Waals surface area contributed by atoms with Crippen LogP contribution in [-0.4, -0.2) is 59.5 Å². The van der Waals surface area contributed by atoms with E-state index >= 15 is 0 Å². The highest BCUT2D eigenvalue weighted by molar-refractivity contribution is 5.90. The lowest BCUT2D eigenvalue weighted by atomic mass is 9.66. The second-order valence-electron chi connectivity index (χ2n) is 10.9. The molecule has 2 aliphatic heterocycles. The van der Waals surface area contributed by atoms with Crippen LogP contribution >= 0.6 is 0 Å². The second kappa shape index (κ2) is 9.70. The number of phenols is 2. The average Bonchev–Trinajstić information content (AvgIpc) is 3.19. The van der Waals surface area contributed by atoms with Crippen molar-refractivity contribution in [1.29, 1.82) is 0 Å². The number of nitrogens with one attached hydrogen (secondary N) is 3. The molecule has 2 aromatic rings. The number of nitrogens with zero attached hydrogens (tertiary/aromatic N) is 1. The number of fused-ring (bicyclic) bond motifs is 4. The number of carbonyl (C=O) groups excluding carboxylic acids is 3. The predicted octanol–water partition coefficient (Wildman–Crippen LogP) is 1.69. The summed E-state index contributed by atoms with van der Waals surface area (Å²) >= 11 is 0. The maximum Gasteiger partial charge on any atom is 0.246 e. The van der Waals surface area contributed by atoms with Gasteiger partial charge in [-0.15, -0.1) is 0 Å². The smallest absolute Gasteiger partial charge is 0.246 e. The second-order valence-corrected chi connectivity index (χ2v) is 10.9. The van der Waals surface area contributed by atoms with Gasteiger partial charge in [0, 0.05) is 18.5 Å². The highest BCUT2D eigenvalue weighted by Crippen LogP contribution is 2.55. The van der Waals surface area contributed by atoms with Crippen molar-refractivity contribution in [2.75, 3.05) is 20.1 Å². The molecule has 5 atom stereocenters. The van der Waals surface area contributed by atoms with Gasteiger partial charge in [0.2, 0.25) is 18.2 Å². The topological polar surface area (TPSA) is 131 Å². The standard InChI is InChI=1S/C28H34N4O5/c1-28(18-9-16-5-3-4-6-19(16)20(11-18)30-15-33)12-22-25-17(7-8-23(34)26(25)36)10-21(27(37)32(22)14-28)31-24(35)13-29-2/h3-8,15,18,20-22,29,34,36H,9-14H2,1-2H3,(H,30,33)(H,31,35). The van der Waals surface area contributed by atoms with Gasteiger partial charge in [0.05, 0.1) is 18.6 Å². The third-order valence-electron chi connectivity index (χ3n) is 8.54. The minimum atomic E-state index is -0.771. The van der Waals surface area contributed by atoms with Crippen LogP contribution in [-0.2, 0) is 27.2 Å². The first-order valence-electron chi connectivity index (χ1n) is 12.8. The summed E-state index contributed by atoms with van der Waals surface area (Å²) in [4.78, 5) is 39.4. The molecule has 5 rings (SSSR count). The van der Waals surface area contributed by atoms with Crippen LogP contribution in [0.4, 0.5) is 0 Å². The molecule has 3 aliphatic rings. The van der Waals surface area contributed by atoms with Crippen LogP contribution < -0.4 is 16.0 Å². The lowest BCUT2D eigenvalue weighted by Gasteiger charge is -2.41. The number of carbonyl (C=O) groups is 3. The molecule has 5 N–H and O–H groups in total. The number of hydrogen-bond acceptors (Lipinski definition) is 6. The molecular formula is C28H34N4O5. The van der Waals surface area contributed by atoms with Gasteiger partial charge < -0.3 is 31.1 Å². The largest absolute Gasteiger partial charge is 0.504 e. The zero-order valence-corrected chi connectivity index (χ0v) is 21.2. The van der Waals surface area contributed by atoms with Crippen LogP contribution in [0, 0.1) is 11.3 Å². The number of amides is 3. The van der Waals surface area contributed by atoms with Crippen LogP contribution in [0.15, 0.2) is 36.4 Å². The van der Waals surface area contributed by atoms with Gasteiger partial charge in [0.1, 0.15) is 6.04 Å². The summed E-state index contributed by atoms with van der Waals surface area (Å²) in [5, 5.41) is 29.9. The molecule has 1 fully saturated rings. The highest BCUT2D eigenvalue weighted by Gasteiger charge is 2.52. The summed E-state index contributed by atoms with van der Waals surface area (Å²) in [5.41, 5.74) is 3.29. The van der Waals surface area contributed by atoms with Crippen molar-refractivity contribution >= 4 is 18.2 Å². The summed E-state index contributed by atoms with van der Waals surface area (Å²) in [5.74, 6) is -0.732. The van der Waals surface area contributed by atoms with Crippen LogP contribution in [0.25, 0.3) is 0 Å². The van der Waals surface area contributed by atoms with Crippen LogP contribution in [0.1, 0.15) is 54.1 Å². The van der Waals surface area contributed by atoms with Crippen molar-refractivity contribution in [3.63, 3.8) is 0 Å². The minimum absolute atomic E-state index is 0.0885. The third kappa shape index (κ3) is 4.41. The molecular weight excluding hydrogens is 472 g/mol. The molecule has 1 aliphatic carbocycles. The molecule has 5 unspecified atom stereocenters. The Morgan fingerprint density at radius 1 is 1.14 bits per heavy atom. The van der Waals surface area contributed by atoms with E-state index in [0.29, 0.717) is 18.5 Å². The first-order chi connectivity index (χ1) is 17.8. The van der Waals surface area contributed by atoms with Gasteiger partial charge in [-0.3, -0.25) is 14.4 Å². The zero-order valence-electron chi connectivity index (χ0n) is 21.2. The van der Waals surface area contributed by atoms with Gasteiger partial charge in [-0.05, 0) is 60.4 Å². The SMILES string of the molecule is CNCC(=O)NC1Cc2ccc(O)c(O)c2C2CC(C)(C3Cc4ccccc4C(NC=O)C3)CN2C1=O. The first-order valence-corrected chi connectivity index (χ1v) is 12.8. The summed E-state index contributed by atoms with van der Waals surface area (Å²) < 4.78 is 0. The van der Waals surface area contributed by atoms with Gasteiger partial charge in [-0.25, -0.2) is 0 Å². The Bertz CT molecular complexity index is 1230. The Morgan fingerprint density at radius 2 is 1.92 bits per heavy atom. The quantitative estimate of drug-likeness (QED) is 0.299. The van der Waals surface area contributed by atoms with Crippen LogP contribution in [0.5, 0.6) is 11.5 Å². The van der Waals surface area contributed by atoms with Gasteiger partial charge in [0.25, 0.3) is 0 Å². The number of aromatic hydroxyl groups is 2. The fourth-order valence-electron chi connectivity index (χ4n) is 6.71. The molecule has 0 radical (unpaired) electrons. The molecule has 196 valence electrons. The summed E-state index contributed by atoms with van der Waals surface area (Å²) in [6, 6.07) is 9.98. The molecule has 2 heterocycles. The Balaban J connectivity index is 1.52. The molecule has 9 nitrogen and oxygen atoms in total. The van der Waals surface area contributed by atoms with E-state index in [4.69, 9.17) is 0 Å². The Kier molecular flexibility index (Phi) is 6.58. The average molecular weight is 507 g/mol. The lowest BCUT2D eigenvalue weighted by molar-refractivity contribution is -0.137. The molecule has 2 aromatic carbocycles. The van der Waals surface area contributed by atoms with Gasteiger partial charge in [-0.2, -0.15) is 0 Å². The van der Waals surface area contributed by atoms with Crippen molar-refractivity contribution in [1.82, 2.24) is 20.9 Å². The van der Waals surface area contributed by atoms with Crippen LogP contribution in [0.2, 0.25) is 0 Å². The van der Waals surface area contributed by atoms with E-state index in [1.807, 2.05) is 12.1 Å². The van der Waals surface area contributed by atoms with Gasteiger partial charge >= 0.3 is 0 Å². The van der Waals surface area contributed by atoms with E-state index in [2.05, 4.69) is 35.0 Å². The number of benzene rings is 2. The molecule has 0 spiro atoms. The van der Waals surface area contributed by atoms with Gasteiger partial charge in [-0.1, -0.05) is 37.3 Å². The fraction of sp³-hybridized carbons (Fsp3) is 0.464. The molecule has 0 bridgehead atoms.